The second-order valence-electron chi connectivity index (χ2n) is 6.20. The summed E-state index contributed by atoms with van der Waals surface area (Å²) in [7, 11) is 2.18. The standard InChI is InChI=1S/C18H18BrClN4/c1-23-6-8-24(9-7-23)13-4-2-12(3-5-13)16-10-14-17(19)15(20)11-21-18(14)22-16/h2-5,10-11H,6-9H2,1H3,(H,21,22). The van der Waals surface area contributed by atoms with Gasteiger partial charge in [-0.1, -0.05) is 23.7 Å². The van der Waals surface area contributed by atoms with Crippen molar-refractivity contribution >= 4 is 44.3 Å². The number of fused-ring (bicyclic) bond motifs is 1. The maximum Gasteiger partial charge on any atom is 0.138 e. The molecule has 0 radical (unpaired) electrons. The van der Waals surface area contributed by atoms with E-state index in [0.717, 1.165) is 52.9 Å². The highest BCUT2D eigenvalue weighted by molar-refractivity contribution is 9.10. The smallest absolute Gasteiger partial charge is 0.138 e. The number of hydrogen-bond acceptors (Lipinski definition) is 3. The van der Waals surface area contributed by atoms with E-state index in [1.807, 2.05) is 0 Å². The molecule has 3 aromatic rings. The van der Waals surface area contributed by atoms with Crippen LogP contribution in [-0.2, 0) is 0 Å². The van der Waals surface area contributed by atoms with Crippen molar-refractivity contribution in [3.63, 3.8) is 0 Å². The normalized spacial score (nSPS) is 16.0. The zero-order valence-corrected chi connectivity index (χ0v) is 15.7. The number of halogens is 2. The molecule has 1 fully saturated rings. The molecule has 1 aliphatic rings. The van der Waals surface area contributed by atoms with Gasteiger partial charge in [0.05, 0.1) is 5.02 Å². The van der Waals surface area contributed by atoms with Crippen LogP contribution in [0.1, 0.15) is 0 Å². The molecule has 0 amide bonds. The molecule has 6 heteroatoms. The number of anilines is 1. The van der Waals surface area contributed by atoms with E-state index < -0.39 is 0 Å². The Morgan fingerprint density at radius 3 is 2.54 bits per heavy atom. The van der Waals surface area contributed by atoms with Crippen LogP contribution < -0.4 is 4.90 Å². The summed E-state index contributed by atoms with van der Waals surface area (Å²) < 4.78 is 0.880. The second kappa shape index (κ2) is 6.39. The van der Waals surface area contributed by atoms with E-state index >= 15 is 0 Å². The number of likely N-dealkylation sites (N-methyl/N-ethyl adjacent to an activating group) is 1. The van der Waals surface area contributed by atoms with Crippen molar-refractivity contribution in [2.75, 3.05) is 38.1 Å². The van der Waals surface area contributed by atoms with E-state index in [0.29, 0.717) is 5.02 Å². The van der Waals surface area contributed by atoms with Crippen molar-refractivity contribution in [3.8, 4) is 11.3 Å². The van der Waals surface area contributed by atoms with E-state index in [1.54, 1.807) is 6.20 Å². The number of benzene rings is 1. The molecule has 0 bridgehead atoms. The summed E-state index contributed by atoms with van der Waals surface area (Å²) in [6, 6.07) is 10.8. The van der Waals surface area contributed by atoms with Crippen LogP contribution in [0.15, 0.2) is 41.0 Å². The molecule has 1 saturated heterocycles. The Morgan fingerprint density at radius 1 is 1.12 bits per heavy atom. The lowest BCUT2D eigenvalue weighted by Gasteiger charge is -2.34. The van der Waals surface area contributed by atoms with E-state index in [1.165, 1.54) is 5.69 Å². The molecule has 24 heavy (non-hydrogen) atoms. The summed E-state index contributed by atoms with van der Waals surface area (Å²) in [6.07, 6.45) is 1.66. The molecular formula is C18H18BrClN4. The first kappa shape index (κ1) is 15.9. The maximum absolute atomic E-state index is 6.13. The molecular weight excluding hydrogens is 388 g/mol. The van der Waals surface area contributed by atoms with Gasteiger partial charge in [-0.3, -0.25) is 0 Å². The molecule has 3 heterocycles. The molecule has 4 nitrogen and oxygen atoms in total. The van der Waals surface area contributed by atoms with Gasteiger partial charge in [-0.25, -0.2) is 4.98 Å². The second-order valence-corrected chi connectivity index (χ2v) is 7.40. The predicted octanol–water partition coefficient (Wildman–Crippen LogP) is 4.40. The number of rotatable bonds is 2. The van der Waals surface area contributed by atoms with Gasteiger partial charge in [0.1, 0.15) is 5.65 Å². The number of hydrogen-bond donors (Lipinski definition) is 1. The number of pyridine rings is 1. The van der Waals surface area contributed by atoms with Gasteiger partial charge in [-0.2, -0.15) is 0 Å². The minimum absolute atomic E-state index is 0.624. The van der Waals surface area contributed by atoms with Gasteiger partial charge in [-0.15, -0.1) is 0 Å². The summed E-state index contributed by atoms with van der Waals surface area (Å²) in [5.41, 5.74) is 4.31. The summed E-state index contributed by atoms with van der Waals surface area (Å²) in [5, 5.41) is 1.62. The number of nitrogens with zero attached hydrogens (tertiary/aromatic N) is 3. The molecule has 1 aliphatic heterocycles. The highest BCUT2D eigenvalue weighted by atomic mass is 79.9. The zero-order valence-electron chi connectivity index (χ0n) is 13.4. The van der Waals surface area contributed by atoms with Crippen LogP contribution in [-0.4, -0.2) is 48.1 Å². The topological polar surface area (TPSA) is 35.2 Å². The van der Waals surface area contributed by atoms with Crippen molar-refractivity contribution in [1.29, 1.82) is 0 Å². The first-order chi connectivity index (χ1) is 11.6. The minimum Gasteiger partial charge on any atom is -0.369 e. The van der Waals surface area contributed by atoms with Crippen LogP contribution in [0, 0.1) is 0 Å². The van der Waals surface area contributed by atoms with E-state index in [9.17, 15) is 0 Å². The largest absolute Gasteiger partial charge is 0.369 e. The molecule has 0 unspecified atom stereocenters. The molecule has 2 aromatic heterocycles. The Morgan fingerprint density at radius 2 is 1.83 bits per heavy atom. The van der Waals surface area contributed by atoms with Gasteiger partial charge >= 0.3 is 0 Å². The number of aromatic nitrogens is 2. The Balaban J connectivity index is 1.62. The van der Waals surface area contributed by atoms with Crippen LogP contribution in [0.4, 0.5) is 5.69 Å². The van der Waals surface area contributed by atoms with Crippen LogP contribution in [0.25, 0.3) is 22.3 Å². The molecule has 1 aromatic carbocycles. The van der Waals surface area contributed by atoms with Crippen LogP contribution in [0.3, 0.4) is 0 Å². The molecule has 4 rings (SSSR count). The van der Waals surface area contributed by atoms with Gasteiger partial charge in [0.15, 0.2) is 0 Å². The average Bonchev–Trinajstić information content (AvgIpc) is 3.04. The number of H-pyrrole nitrogens is 1. The molecule has 124 valence electrons. The lowest BCUT2D eigenvalue weighted by Crippen LogP contribution is -2.44. The highest BCUT2D eigenvalue weighted by Gasteiger charge is 2.15. The van der Waals surface area contributed by atoms with Crippen LogP contribution >= 0.6 is 27.5 Å². The number of aromatic amines is 1. The van der Waals surface area contributed by atoms with Crippen molar-refractivity contribution < 1.29 is 0 Å². The Hall–Kier alpha value is -1.56. The Labute approximate surface area is 154 Å². The fourth-order valence-corrected chi connectivity index (χ4v) is 3.65. The minimum atomic E-state index is 0.624. The van der Waals surface area contributed by atoms with Crippen LogP contribution in [0.5, 0.6) is 0 Å². The first-order valence-electron chi connectivity index (χ1n) is 7.98. The quantitative estimate of drug-likeness (QED) is 0.686. The monoisotopic (exact) mass is 404 g/mol. The third-order valence-electron chi connectivity index (χ3n) is 4.60. The SMILES string of the molecule is CN1CCN(c2ccc(-c3cc4c(Br)c(Cl)cnc4[nH]3)cc2)CC1. The lowest BCUT2D eigenvalue weighted by molar-refractivity contribution is 0.313. The summed E-state index contributed by atoms with van der Waals surface area (Å²) in [6.45, 7) is 4.39. The van der Waals surface area contributed by atoms with Gasteiger partial charge in [0.2, 0.25) is 0 Å². The highest BCUT2D eigenvalue weighted by Crippen LogP contribution is 2.33. The first-order valence-corrected chi connectivity index (χ1v) is 9.15. The van der Waals surface area contributed by atoms with Crippen LogP contribution in [0.2, 0.25) is 5.02 Å². The van der Waals surface area contributed by atoms with Crippen molar-refractivity contribution in [1.82, 2.24) is 14.9 Å². The zero-order chi connectivity index (χ0) is 16.7. The molecule has 0 saturated carbocycles. The van der Waals surface area contributed by atoms with Crippen molar-refractivity contribution in [3.05, 3.63) is 46.0 Å². The fraction of sp³-hybridized carbons (Fsp3) is 0.278. The van der Waals surface area contributed by atoms with E-state index in [2.05, 4.69) is 73.1 Å². The third kappa shape index (κ3) is 2.92. The molecule has 1 N–H and O–H groups in total. The Bertz CT molecular complexity index is 867. The van der Waals surface area contributed by atoms with Gasteiger partial charge < -0.3 is 14.8 Å². The molecule has 0 atom stereocenters. The molecule has 0 aliphatic carbocycles. The van der Waals surface area contributed by atoms with E-state index in [-0.39, 0.29) is 0 Å². The van der Waals surface area contributed by atoms with Crippen molar-refractivity contribution in [2.24, 2.45) is 0 Å². The maximum atomic E-state index is 6.13. The summed E-state index contributed by atoms with van der Waals surface area (Å²) in [4.78, 5) is 12.5. The number of nitrogens with one attached hydrogen (secondary N) is 1. The van der Waals surface area contributed by atoms with Gasteiger partial charge in [0, 0.05) is 53.6 Å². The molecule has 0 spiro atoms. The summed E-state index contributed by atoms with van der Waals surface area (Å²) in [5.74, 6) is 0. The van der Waals surface area contributed by atoms with Gasteiger partial charge in [-0.05, 0) is 46.7 Å². The fourth-order valence-electron chi connectivity index (χ4n) is 3.09. The Kier molecular flexibility index (Phi) is 4.24. The predicted molar refractivity (Wildman–Crippen MR) is 104 cm³/mol. The van der Waals surface area contributed by atoms with Gasteiger partial charge in [0.25, 0.3) is 0 Å². The lowest BCUT2D eigenvalue weighted by atomic mass is 10.1. The average molecular weight is 406 g/mol. The van der Waals surface area contributed by atoms with E-state index in [4.69, 9.17) is 11.6 Å². The third-order valence-corrected chi connectivity index (χ3v) is 5.97. The summed E-state index contributed by atoms with van der Waals surface area (Å²) >= 11 is 9.66. The van der Waals surface area contributed by atoms with Crippen molar-refractivity contribution in [2.45, 2.75) is 0 Å². The number of piperazine rings is 1.